The number of nitrogens with zero attached hydrogens (tertiary/aromatic N) is 1. The van der Waals surface area contributed by atoms with E-state index in [2.05, 4.69) is 0 Å². The number of carbonyl (C=O) groups is 1. The summed E-state index contributed by atoms with van der Waals surface area (Å²) in [5.74, 6) is -0.759. The number of hydrogen-bond donors (Lipinski definition) is 0. The molecule has 2 rings (SSSR count). The highest BCUT2D eigenvalue weighted by Crippen LogP contribution is 2.27. The van der Waals surface area contributed by atoms with Crippen LogP contribution in [0.5, 0.6) is 0 Å². The number of rotatable bonds is 4. The lowest BCUT2D eigenvalue weighted by Crippen LogP contribution is -2.34. The van der Waals surface area contributed by atoms with Gasteiger partial charge in [-0.05, 0) is 24.6 Å². The topological polar surface area (TPSA) is 20.3 Å². The van der Waals surface area contributed by atoms with Gasteiger partial charge in [0.25, 0.3) is 0 Å². The van der Waals surface area contributed by atoms with Gasteiger partial charge >= 0.3 is 0 Å². The maximum absolute atomic E-state index is 13.8. The lowest BCUT2D eigenvalue weighted by Gasteiger charge is -2.24. The summed E-state index contributed by atoms with van der Waals surface area (Å²) in [5.41, 5.74) is 0.954. The van der Waals surface area contributed by atoms with Gasteiger partial charge in [0.05, 0.1) is 5.69 Å². The predicted molar refractivity (Wildman–Crippen MR) is 79.5 cm³/mol. The molecule has 1 amide bonds. The minimum Gasteiger partial charge on any atom is -0.308 e. The summed E-state index contributed by atoms with van der Waals surface area (Å²) >= 11 is 6.22. The average Bonchev–Trinajstić information content (AvgIpc) is 2.50. The summed E-state index contributed by atoms with van der Waals surface area (Å²) in [6.07, 6.45) is 0. The second kappa shape index (κ2) is 6.53. The van der Waals surface area contributed by atoms with Gasteiger partial charge in [-0.15, -0.1) is 11.6 Å². The zero-order valence-electron chi connectivity index (χ0n) is 11.1. The van der Waals surface area contributed by atoms with E-state index < -0.39 is 11.2 Å². The minimum atomic E-state index is -0.823. The van der Waals surface area contributed by atoms with Crippen molar-refractivity contribution in [2.45, 2.75) is 12.3 Å². The summed E-state index contributed by atoms with van der Waals surface area (Å²) in [6, 6.07) is 15.2. The standard InChI is InChI=1S/C16H15ClFNO/c1-2-19(14-11-7-6-10-13(14)18)16(20)15(17)12-8-4-3-5-9-12/h3-11,15H,2H2,1H3. The van der Waals surface area contributed by atoms with Crippen LogP contribution in [-0.4, -0.2) is 12.5 Å². The van der Waals surface area contributed by atoms with E-state index in [0.717, 1.165) is 0 Å². The number of anilines is 1. The molecule has 4 heteroatoms. The molecule has 2 aromatic carbocycles. The van der Waals surface area contributed by atoms with Crippen molar-refractivity contribution < 1.29 is 9.18 Å². The van der Waals surface area contributed by atoms with E-state index in [9.17, 15) is 9.18 Å². The van der Waals surface area contributed by atoms with Crippen LogP contribution in [0.15, 0.2) is 54.6 Å². The molecule has 0 saturated carbocycles. The maximum atomic E-state index is 13.8. The summed E-state index contributed by atoms with van der Waals surface area (Å²) in [4.78, 5) is 13.8. The Morgan fingerprint density at radius 1 is 1.15 bits per heavy atom. The Labute approximate surface area is 122 Å². The number of amides is 1. The Morgan fingerprint density at radius 2 is 1.75 bits per heavy atom. The van der Waals surface area contributed by atoms with Crippen LogP contribution in [0, 0.1) is 5.82 Å². The third-order valence-electron chi connectivity index (χ3n) is 3.03. The van der Waals surface area contributed by atoms with Crippen molar-refractivity contribution in [3.8, 4) is 0 Å². The van der Waals surface area contributed by atoms with Gasteiger partial charge in [-0.3, -0.25) is 4.79 Å². The second-order valence-electron chi connectivity index (χ2n) is 4.31. The van der Waals surface area contributed by atoms with Crippen LogP contribution in [0.2, 0.25) is 0 Å². The number of likely N-dealkylation sites (N-methyl/N-ethyl adjacent to an activating group) is 1. The first kappa shape index (κ1) is 14.5. The fraction of sp³-hybridized carbons (Fsp3) is 0.188. The van der Waals surface area contributed by atoms with Crippen molar-refractivity contribution in [1.82, 2.24) is 0 Å². The zero-order chi connectivity index (χ0) is 14.5. The normalized spacial score (nSPS) is 11.9. The molecular formula is C16H15ClFNO. The second-order valence-corrected chi connectivity index (χ2v) is 4.74. The number of benzene rings is 2. The van der Waals surface area contributed by atoms with Gasteiger partial charge in [0.15, 0.2) is 0 Å². The fourth-order valence-electron chi connectivity index (χ4n) is 2.02. The van der Waals surface area contributed by atoms with Gasteiger partial charge in [-0.1, -0.05) is 42.5 Å². The molecule has 2 nitrogen and oxygen atoms in total. The lowest BCUT2D eigenvalue weighted by molar-refractivity contribution is -0.118. The minimum absolute atomic E-state index is 0.251. The van der Waals surface area contributed by atoms with E-state index in [0.29, 0.717) is 12.1 Å². The van der Waals surface area contributed by atoms with Gasteiger partial charge in [-0.25, -0.2) is 4.39 Å². The van der Waals surface area contributed by atoms with Crippen LogP contribution >= 0.6 is 11.6 Å². The van der Waals surface area contributed by atoms with Crippen LogP contribution in [0.25, 0.3) is 0 Å². The first-order valence-corrected chi connectivity index (χ1v) is 6.83. The third-order valence-corrected chi connectivity index (χ3v) is 3.47. The molecule has 0 aliphatic heterocycles. The van der Waals surface area contributed by atoms with Gasteiger partial charge in [-0.2, -0.15) is 0 Å². The number of alkyl halides is 1. The predicted octanol–water partition coefficient (Wildman–Crippen LogP) is 4.16. The van der Waals surface area contributed by atoms with Gasteiger partial charge in [0.2, 0.25) is 5.91 Å². The summed E-state index contributed by atoms with van der Waals surface area (Å²) < 4.78 is 13.8. The molecule has 1 atom stereocenters. The lowest BCUT2D eigenvalue weighted by atomic mass is 10.1. The van der Waals surface area contributed by atoms with Crippen LogP contribution in [0.1, 0.15) is 17.9 Å². The first-order valence-electron chi connectivity index (χ1n) is 6.40. The molecule has 0 saturated heterocycles. The number of carbonyl (C=O) groups excluding carboxylic acids is 1. The molecule has 0 aliphatic rings. The Morgan fingerprint density at radius 3 is 2.35 bits per heavy atom. The van der Waals surface area contributed by atoms with Crippen molar-refractivity contribution in [2.24, 2.45) is 0 Å². The van der Waals surface area contributed by atoms with Gasteiger partial charge < -0.3 is 4.90 Å². The van der Waals surface area contributed by atoms with Gasteiger partial charge in [0.1, 0.15) is 11.2 Å². The van der Waals surface area contributed by atoms with Crippen LogP contribution in [0.4, 0.5) is 10.1 Å². The van der Waals surface area contributed by atoms with E-state index >= 15 is 0 Å². The number of halogens is 2. The molecule has 20 heavy (non-hydrogen) atoms. The Kier molecular flexibility index (Phi) is 4.74. The highest BCUT2D eigenvalue weighted by Gasteiger charge is 2.25. The maximum Gasteiger partial charge on any atom is 0.249 e. The molecule has 0 N–H and O–H groups in total. The molecule has 0 spiro atoms. The van der Waals surface area contributed by atoms with Gasteiger partial charge in [0, 0.05) is 6.54 Å². The van der Waals surface area contributed by atoms with Crippen LogP contribution in [-0.2, 0) is 4.79 Å². The van der Waals surface area contributed by atoms with E-state index in [1.807, 2.05) is 18.2 Å². The Bertz CT molecular complexity index is 588. The first-order chi connectivity index (χ1) is 9.65. The Balaban J connectivity index is 2.29. The largest absolute Gasteiger partial charge is 0.308 e. The van der Waals surface area contributed by atoms with Crippen LogP contribution < -0.4 is 4.90 Å². The van der Waals surface area contributed by atoms with Crippen LogP contribution in [0.3, 0.4) is 0 Å². The molecule has 1 unspecified atom stereocenters. The highest BCUT2D eigenvalue weighted by molar-refractivity contribution is 6.32. The molecule has 0 bridgehead atoms. The highest BCUT2D eigenvalue weighted by atomic mass is 35.5. The summed E-state index contributed by atoms with van der Waals surface area (Å²) in [6.45, 7) is 2.15. The fourth-order valence-corrected chi connectivity index (χ4v) is 2.28. The smallest absolute Gasteiger partial charge is 0.249 e. The zero-order valence-corrected chi connectivity index (χ0v) is 11.8. The van der Waals surface area contributed by atoms with E-state index in [-0.39, 0.29) is 11.6 Å². The van der Waals surface area contributed by atoms with Crippen molar-refractivity contribution in [3.63, 3.8) is 0 Å². The van der Waals surface area contributed by atoms with Crippen molar-refractivity contribution in [1.29, 1.82) is 0 Å². The van der Waals surface area contributed by atoms with Crippen molar-refractivity contribution in [2.75, 3.05) is 11.4 Å². The summed E-state index contributed by atoms with van der Waals surface area (Å²) in [7, 11) is 0. The molecule has 0 aliphatic carbocycles. The van der Waals surface area contributed by atoms with E-state index in [4.69, 9.17) is 11.6 Å². The molecule has 104 valence electrons. The molecule has 0 radical (unpaired) electrons. The average molecular weight is 292 g/mol. The molecular weight excluding hydrogens is 277 g/mol. The number of para-hydroxylation sites is 1. The van der Waals surface area contributed by atoms with Crippen molar-refractivity contribution in [3.05, 3.63) is 66.0 Å². The molecule has 0 heterocycles. The number of hydrogen-bond acceptors (Lipinski definition) is 1. The summed E-state index contributed by atoms with van der Waals surface area (Å²) in [5, 5.41) is -0.823. The molecule has 2 aromatic rings. The quantitative estimate of drug-likeness (QED) is 0.775. The third kappa shape index (κ3) is 2.99. The molecule has 0 fully saturated rings. The van der Waals surface area contributed by atoms with Crippen molar-refractivity contribution >= 4 is 23.2 Å². The molecule has 0 aromatic heterocycles. The monoisotopic (exact) mass is 291 g/mol. The SMILES string of the molecule is CCN(C(=O)C(Cl)c1ccccc1)c1ccccc1F. The van der Waals surface area contributed by atoms with E-state index in [1.165, 1.54) is 11.0 Å². The Hall–Kier alpha value is -1.87. The van der Waals surface area contributed by atoms with E-state index in [1.54, 1.807) is 37.3 Å².